The Balaban J connectivity index is 2.43. The van der Waals surface area contributed by atoms with E-state index in [0.29, 0.717) is 17.1 Å². The SMILES string of the molecule is CNCC(=O)c1ccc2c(Cl)c[nH]c2c1. The number of carbonyl (C=O) groups excluding carboxylic acids is 1. The lowest BCUT2D eigenvalue weighted by Gasteiger charge is -2.00. The lowest BCUT2D eigenvalue weighted by Crippen LogP contribution is -2.18. The van der Waals surface area contributed by atoms with Crippen LogP contribution in [0.5, 0.6) is 0 Å². The number of hydrogen-bond donors (Lipinski definition) is 2. The molecule has 2 aromatic rings. The van der Waals surface area contributed by atoms with Gasteiger partial charge in [-0.25, -0.2) is 0 Å². The van der Waals surface area contributed by atoms with Crippen LogP contribution in [0, 0.1) is 0 Å². The third-order valence-corrected chi connectivity index (χ3v) is 2.60. The predicted molar refractivity (Wildman–Crippen MR) is 61.6 cm³/mol. The molecule has 0 saturated carbocycles. The highest BCUT2D eigenvalue weighted by Gasteiger charge is 2.07. The van der Waals surface area contributed by atoms with E-state index in [2.05, 4.69) is 10.3 Å². The number of aromatic amines is 1. The summed E-state index contributed by atoms with van der Waals surface area (Å²) >= 11 is 5.94. The molecule has 0 amide bonds. The smallest absolute Gasteiger partial charge is 0.176 e. The van der Waals surface area contributed by atoms with Crippen LogP contribution in [0.1, 0.15) is 10.4 Å². The summed E-state index contributed by atoms with van der Waals surface area (Å²) in [5.74, 6) is 0.0742. The summed E-state index contributed by atoms with van der Waals surface area (Å²) in [5, 5.41) is 4.45. The number of benzene rings is 1. The molecule has 0 atom stereocenters. The number of hydrogen-bond acceptors (Lipinski definition) is 2. The fourth-order valence-electron chi connectivity index (χ4n) is 1.53. The maximum Gasteiger partial charge on any atom is 0.176 e. The summed E-state index contributed by atoms with van der Waals surface area (Å²) in [6.45, 7) is 0.347. The maximum atomic E-state index is 11.6. The quantitative estimate of drug-likeness (QED) is 0.783. The molecule has 2 rings (SSSR count). The van der Waals surface area contributed by atoms with Crippen molar-refractivity contribution in [2.45, 2.75) is 0 Å². The number of nitrogens with one attached hydrogen (secondary N) is 2. The zero-order chi connectivity index (χ0) is 10.8. The van der Waals surface area contributed by atoms with Crippen molar-refractivity contribution < 1.29 is 4.79 Å². The molecule has 1 aromatic heterocycles. The molecule has 0 aliphatic rings. The van der Waals surface area contributed by atoms with Gasteiger partial charge in [0.1, 0.15) is 0 Å². The molecule has 1 heterocycles. The number of ketones is 1. The van der Waals surface area contributed by atoms with E-state index in [4.69, 9.17) is 11.6 Å². The minimum absolute atomic E-state index is 0.0742. The number of Topliss-reactive ketones (excluding diaryl/α,β-unsaturated/α-hetero) is 1. The van der Waals surface area contributed by atoms with E-state index < -0.39 is 0 Å². The first-order chi connectivity index (χ1) is 7.22. The number of aromatic nitrogens is 1. The lowest BCUT2D eigenvalue weighted by atomic mass is 10.1. The van der Waals surface area contributed by atoms with Crippen LogP contribution in [0.4, 0.5) is 0 Å². The highest BCUT2D eigenvalue weighted by molar-refractivity contribution is 6.35. The van der Waals surface area contributed by atoms with Crippen molar-refractivity contribution in [2.75, 3.05) is 13.6 Å². The largest absolute Gasteiger partial charge is 0.360 e. The summed E-state index contributed by atoms with van der Waals surface area (Å²) < 4.78 is 0. The normalized spacial score (nSPS) is 10.8. The second-order valence-corrected chi connectivity index (χ2v) is 3.76. The Morgan fingerprint density at radius 3 is 3.07 bits per heavy atom. The van der Waals surface area contributed by atoms with Crippen molar-refractivity contribution in [1.82, 2.24) is 10.3 Å². The highest BCUT2D eigenvalue weighted by atomic mass is 35.5. The standard InChI is InChI=1S/C11H11ClN2O/c1-13-6-11(15)7-2-3-8-9(12)5-14-10(8)4-7/h2-5,13-14H,6H2,1H3. The number of halogens is 1. The van der Waals surface area contributed by atoms with E-state index in [1.807, 2.05) is 12.1 Å². The van der Waals surface area contributed by atoms with Crippen molar-refractivity contribution in [2.24, 2.45) is 0 Å². The van der Waals surface area contributed by atoms with Crippen LogP contribution in [-0.2, 0) is 0 Å². The molecule has 0 spiro atoms. The van der Waals surface area contributed by atoms with Crippen LogP contribution in [0.15, 0.2) is 24.4 Å². The Bertz CT molecular complexity index is 504. The Morgan fingerprint density at radius 1 is 1.53 bits per heavy atom. The topological polar surface area (TPSA) is 44.9 Å². The van der Waals surface area contributed by atoms with E-state index in [-0.39, 0.29) is 5.78 Å². The van der Waals surface area contributed by atoms with Crippen LogP contribution >= 0.6 is 11.6 Å². The predicted octanol–water partition coefficient (Wildman–Crippen LogP) is 2.22. The third-order valence-electron chi connectivity index (χ3n) is 2.29. The molecule has 0 aliphatic heterocycles. The molecule has 1 aromatic carbocycles. The monoisotopic (exact) mass is 222 g/mol. The highest BCUT2D eigenvalue weighted by Crippen LogP contribution is 2.23. The zero-order valence-electron chi connectivity index (χ0n) is 8.30. The number of rotatable bonds is 3. The van der Waals surface area contributed by atoms with Gasteiger partial charge in [0.15, 0.2) is 5.78 Å². The Labute approximate surface area is 92.4 Å². The molecule has 0 saturated heterocycles. The minimum atomic E-state index is 0.0742. The van der Waals surface area contributed by atoms with Crippen molar-refractivity contribution >= 4 is 28.3 Å². The molecule has 0 fully saturated rings. The van der Waals surface area contributed by atoms with Gasteiger partial charge in [0.2, 0.25) is 0 Å². The van der Waals surface area contributed by atoms with Gasteiger partial charge in [-0.15, -0.1) is 0 Å². The molecule has 0 unspecified atom stereocenters. The van der Waals surface area contributed by atoms with Gasteiger partial charge in [0, 0.05) is 22.7 Å². The van der Waals surface area contributed by atoms with E-state index in [1.54, 1.807) is 19.3 Å². The second-order valence-electron chi connectivity index (χ2n) is 3.35. The average molecular weight is 223 g/mol. The van der Waals surface area contributed by atoms with Gasteiger partial charge in [-0.1, -0.05) is 23.7 Å². The third kappa shape index (κ3) is 1.89. The van der Waals surface area contributed by atoms with Crippen molar-refractivity contribution in [3.8, 4) is 0 Å². The summed E-state index contributed by atoms with van der Waals surface area (Å²) in [5.41, 5.74) is 1.58. The summed E-state index contributed by atoms with van der Waals surface area (Å²) in [7, 11) is 1.75. The van der Waals surface area contributed by atoms with Crippen LogP contribution < -0.4 is 5.32 Å². The summed E-state index contributed by atoms with van der Waals surface area (Å²) in [4.78, 5) is 14.6. The average Bonchev–Trinajstić information content (AvgIpc) is 2.60. The molecule has 0 aliphatic carbocycles. The van der Waals surface area contributed by atoms with E-state index in [9.17, 15) is 4.79 Å². The number of carbonyl (C=O) groups is 1. The summed E-state index contributed by atoms with van der Waals surface area (Å²) in [6, 6.07) is 5.47. The number of likely N-dealkylation sites (N-methyl/N-ethyl adjacent to an activating group) is 1. The van der Waals surface area contributed by atoms with E-state index in [1.165, 1.54) is 0 Å². The molecule has 78 valence electrons. The van der Waals surface area contributed by atoms with Crippen LogP contribution in [0.25, 0.3) is 10.9 Å². The van der Waals surface area contributed by atoms with Gasteiger partial charge < -0.3 is 10.3 Å². The van der Waals surface area contributed by atoms with Gasteiger partial charge in [-0.2, -0.15) is 0 Å². The Morgan fingerprint density at radius 2 is 2.33 bits per heavy atom. The van der Waals surface area contributed by atoms with Gasteiger partial charge in [-0.05, 0) is 13.1 Å². The lowest BCUT2D eigenvalue weighted by molar-refractivity contribution is 0.0993. The maximum absolute atomic E-state index is 11.6. The van der Waals surface area contributed by atoms with E-state index in [0.717, 1.165) is 10.9 Å². The first-order valence-corrected chi connectivity index (χ1v) is 5.04. The molecular formula is C11H11ClN2O. The van der Waals surface area contributed by atoms with Gasteiger partial charge in [-0.3, -0.25) is 4.79 Å². The van der Waals surface area contributed by atoms with Crippen LogP contribution in [0.2, 0.25) is 5.02 Å². The van der Waals surface area contributed by atoms with Crippen LogP contribution in [0.3, 0.4) is 0 Å². The first-order valence-electron chi connectivity index (χ1n) is 4.67. The van der Waals surface area contributed by atoms with Gasteiger partial charge in [0.25, 0.3) is 0 Å². The van der Waals surface area contributed by atoms with Crippen molar-refractivity contribution in [3.63, 3.8) is 0 Å². The molecule has 4 heteroatoms. The van der Waals surface area contributed by atoms with E-state index >= 15 is 0 Å². The van der Waals surface area contributed by atoms with Crippen LogP contribution in [-0.4, -0.2) is 24.4 Å². The van der Waals surface area contributed by atoms with Gasteiger partial charge in [0.05, 0.1) is 11.6 Å². The molecule has 0 radical (unpaired) electrons. The molecule has 15 heavy (non-hydrogen) atoms. The van der Waals surface area contributed by atoms with Crippen molar-refractivity contribution in [3.05, 3.63) is 35.0 Å². The van der Waals surface area contributed by atoms with Gasteiger partial charge >= 0.3 is 0 Å². The Hall–Kier alpha value is -1.32. The second kappa shape index (κ2) is 4.04. The zero-order valence-corrected chi connectivity index (χ0v) is 9.06. The number of H-pyrrole nitrogens is 1. The molecular weight excluding hydrogens is 212 g/mol. The fourth-order valence-corrected chi connectivity index (χ4v) is 1.75. The fraction of sp³-hybridized carbons (Fsp3) is 0.182. The minimum Gasteiger partial charge on any atom is -0.360 e. The van der Waals surface area contributed by atoms with Crippen molar-refractivity contribution in [1.29, 1.82) is 0 Å². The molecule has 3 nitrogen and oxygen atoms in total. The molecule has 2 N–H and O–H groups in total. The molecule has 0 bridgehead atoms. The summed E-state index contributed by atoms with van der Waals surface area (Å²) in [6.07, 6.45) is 1.72. The Kier molecular flexibility index (Phi) is 2.75. The first kappa shape index (κ1) is 10.2. The number of fused-ring (bicyclic) bond motifs is 1.